The van der Waals surface area contributed by atoms with Gasteiger partial charge in [0.15, 0.2) is 0 Å². The first-order valence-electron chi connectivity index (χ1n) is 6.58. The van der Waals surface area contributed by atoms with Crippen molar-refractivity contribution in [2.75, 3.05) is 43.1 Å². The van der Waals surface area contributed by atoms with Crippen LogP contribution in [-0.4, -0.2) is 43.0 Å². The number of unbranched alkanes of at least 4 members (excludes halogenated alkanes) is 1. The summed E-state index contributed by atoms with van der Waals surface area (Å²) in [6.45, 7) is 4.91. The highest BCUT2D eigenvalue weighted by atomic mass is 19.1. The predicted octanol–water partition coefficient (Wildman–Crippen LogP) is 0.958. The van der Waals surface area contributed by atoms with Gasteiger partial charge in [-0.3, -0.25) is 4.79 Å². The van der Waals surface area contributed by atoms with Crippen LogP contribution in [-0.2, 0) is 4.74 Å². The van der Waals surface area contributed by atoms with Crippen molar-refractivity contribution >= 4 is 11.4 Å². The van der Waals surface area contributed by atoms with Crippen LogP contribution in [0, 0.1) is 5.95 Å². The molecule has 0 aliphatic carbocycles. The van der Waals surface area contributed by atoms with E-state index in [1.54, 1.807) is 0 Å². The molecule has 0 saturated carbocycles. The van der Waals surface area contributed by atoms with Crippen LogP contribution < -0.4 is 15.8 Å². The van der Waals surface area contributed by atoms with Gasteiger partial charge in [-0.1, -0.05) is 13.3 Å². The summed E-state index contributed by atoms with van der Waals surface area (Å²) in [7, 11) is 0. The molecule has 106 valence electrons. The molecule has 2 rings (SSSR count). The van der Waals surface area contributed by atoms with Crippen molar-refractivity contribution in [3.63, 3.8) is 0 Å². The zero-order valence-electron chi connectivity index (χ0n) is 11.0. The standard InChI is InChI=1S/C12H19FN4O2/c1-2-3-4-14-9-10(12(18)16-15-11(9)13)17-5-7-19-8-6-17/h2-8H2,1H3,(H2,14,16,18). The Hall–Kier alpha value is -1.63. The quantitative estimate of drug-likeness (QED) is 0.780. The van der Waals surface area contributed by atoms with E-state index < -0.39 is 5.95 Å². The molecule has 2 N–H and O–H groups in total. The number of morpholine rings is 1. The summed E-state index contributed by atoms with van der Waals surface area (Å²) in [5.41, 5.74) is 0.147. The molecule has 0 amide bonds. The Labute approximate surface area is 111 Å². The number of rotatable bonds is 5. The molecule has 6 nitrogen and oxygen atoms in total. The van der Waals surface area contributed by atoms with Crippen molar-refractivity contribution < 1.29 is 9.13 Å². The van der Waals surface area contributed by atoms with E-state index in [9.17, 15) is 9.18 Å². The lowest BCUT2D eigenvalue weighted by Crippen LogP contribution is -2.40. The number of nitrogens with one attached hydrogen (secondary N) is 2. The van der Waals surface area contributed by atoms with Crippen LogP contribution in [0.5, 0.6) is 0 Å². The number of hydrogen-bond donors (Lipinski definition) is 2. The fourth-order valence-corrected chi connectivity index (χ4v) is 2.06. The average molecular weight is 270 g/mol. The third kappa shape index (κ3) is 3.23. The highest BCUT2D eigenvalue weighted by Gasteiger charge is 2.21. The van der Waals surface area contributed by atoms with Crippen molar-refractivity contribution in [3.8, 4) is 0 Å². The fraction of sp³-hybridized carbons (Fsp3) is 0.667. The molecule has 19 heavy (non-hydrogen) atoms. The van der Waals surface area contributed by atoms with Gasteiger partial charge in [0, 0.05) is 19.6 Å². The van der Waals surface area contributed by atoms with Crippen LogP contribution in [0.15, 0.2) is 4.79 Å². The van der Waals surface area contributed by atoms with E-state index in [-0.39, 0.29) is 11.2 Å². The number of ether oxygens (including phenoxy) is 1. The molecule has 0 unspecified atom stereocenters. The number of nitrogens with zero attached hydrogens (tertiary/aromatic N) is 2. The number of hydrogen-bond acceptors (Lipinski definition) is 5. The largest absolute Gasteiger partial charge is 0.379 e. The molecule has 1 aliphatic rings. The summed E-state index contributed by atoms with van der Waals surface area (Å²) < 4.78 is 19.1. The molecular formula is C12H19FN4O2. The lowest BCUT2D eigenvalue weighted by molar-refractivity contribution is 0.122. The topological polar surface area (TPSA) is 70.2 Å². The highest BCUT2D eigenvalue weighted by molar-refractivity contribution is 5.68. The molecule has 1 aromatic heterocycles. The molecular weight excluding hydrogens is 251 g/mol. The maximum absolute atomic E-state index is 13.8. The third-order valence-corrected chi connectivity index (χ3v) is 3.07. The molecule has 0 atom stereocenters. The van der Waals surface area contributed by atoms with Crippen molar-refractivity contribution in [1.82, 2.24) is 10.2 Å². The van der Waals surface area contributed by atoms with Crippen molar-refractivity contribution in [2.45, 2.75) is 19.8 Å². The number of anilines is 2. The number of halogens is 1. The van der Waals surface area contributed by atoms with Crippen LogP contribution in [0.2, 0.25) is 0 Å². The number of aromatic amines is 1. The zero-order valence-corrected chi connectivity index (χ0v) is 11.0. The Morgan fingerprint density at radius 1 is 1.47 bits per heavy atom. The first kappa shape index (κ1) is 13.8. The van der Waals surface area contributed by atoms with Gasteiger partial charge < -0.3 is 15.0 Å². The summed E-state index contributed by atoms with van der Waals surface area (Å²) in [5, 5.41) is 8.56. The van der Waals surface area contributed by atoms with E-state index in [1.165, 1.54) is 0 Å². The SMILES string of the molecule is CCCCNc1c(F)n[nH]c(=O)c1N1CCOCC1. The fourth-order valence-electron chi connectivity index (χ4n) is 2.06. The maximum Gasteiger partial charge on any atom is 0.290 e. The molecule has 2 heterocycles. The molecule has 1 saturated heterocycles. The van der Waals surface area contributed by atoms with E-state index in [0.717, 1.165) is 12.8 Å². The summed E-state index contributed by atoms with van der Waals surface area (Å²) in [4.78, 5) is 13.8. The lowest BCUT2D eigenvalue weighted by atomic mass is 10.2. The molecule has 0 radical (unpaired) electrons. The monoisotopic (exact) mass is 270 g/mol. The van der Waals surface area contributed by atoms with Gasteiger partial charge in [0.2, 0.25) is 0 Å². The minimum Gasteiger partial charge on any atom is -0.379 e. The lowest BCUT2D eigenvalue weighted by Gasteiger charge is -2.29. The summed E-state index contributed by atoms with van der Waals surface area (Å²) in [6.07, 6.45) is 1.91. The molecule has 0 spiro atoms. The van der Waals surface area contributed by atoms with E-state index in [1.807, 2.05) is 4.90 Å². The molecule has 0 bridgehead atoms. The molecule has 1 aliphatic heterocycles. The Kier molecular flexibility index (Phi) is 4.73. The van der Waals surface area contributed by atoms with Gasteiger partial charge in [0.25, 0.3) is 11.5 Å². The summed E-state index contributed by atoms with van der Waals surface area (Å²) in [5.74, 6) is -0.669. The zero-order chi connectivity index (χ0) is 13.7. The third-order valence-electron chi connectivity index (χ3n) is 3.07. The normalized spacial score (nSPS) is 15.6. The Morgan fingerprint density at radius 3 is 2.89 bits per heavy atom. The van der Waals surface area contributed by atoms with Gasteiger partial charge in [-0.2, -0.15) is 4.39 Å². The second-order valence-electron chi connectivity index (χ2n) is 4.45. The van der Waals surface area contributed by atoms with Crippen molar-refractivity contribution in [1.29, 1.82) is 0 Å². The van der Waals surface area contributed by atoms with Crippen molar-refractivity contribution in [2.24, 2.45) is 0 Å². The Bertz CT molecular complexity index is 471. The molecule has 0 aromatic carbocycles. The molecule has 1 fully saturated rings. The highest BCUT2D eigenvalue weighted by Crippen LogP contribution is 2.23. The maximum atomic E-state index is 13.8. The van der Waals surface area contributed by atoms with E-state index >= 15 is 0 Å². The van der Waals surface area contributed by atoms with Crippen LogP contribution in [0.3, 0.4) is 0 Å². The van der Waals surface area contributed by atoms with Gasteiger partial charge in [0.1, 0.15) is 11.4 Å². The van der Waals surface area contributed by atoms with Gasteiger partial charge >= 0.3 is 0 Å². The van der Waals surface area contributed by atoms with Crippen LogP contribution in [0.4, 0.5) is 15.8 Å². The second kappa shape index (κ2) is 6.51. The minimum absolute atomic E-state index is 0.194. The van der Waals surface area contributed by atoms with Gasteiger partial charge in [-0.25, -0.2) is 5.10 Å². The van der Waals surface area contributed by atoms with Gasteiger partial charge in [0.05, 0.1) is 13.2 Å². The first-order chi connectivity index (χ1) is 9.24. The Morgan fingerprint density at radius 2 is 2.21 bits per heavy atom. The number of aromatic nitrogens is 2. The van der Waals surface area contributed by atoms with Crippen LogP contribution >= 0.6 is 0 Å². The average Bonchev–Trinajstić information content (AvgIpc) is 2.44. The number of H-pyrrole nitrogens is 1. The second-order valence-corrected chi connectivity index (χ2v) is 4.45. The molecule has 1 aromatic rings. The van der Waals surface area contributed by atoms with E-state index in [2.05, 4.69) is 22.4 Å². The minimum atomic E-state index is -0.669. The molecule has 7 heteroatoms. The van der Waals surface area contributed by atoms with E-state index in [0.29, 0.717) is 38.5 Å². The first-order valence-corrected chi connectivity index (χ1v) is 6.58. The Balaban J connectivity index is 2.27. The van der Waals surface area contributed by atoms with Crippen LogP contribution in [0.1, 0.15) is 19.8 Å². The smallest absolute Gasteiger partial charge is 0.290 e. The van der Waals surface area contributed by atoms with Gasteiger partial charge in [-0.15, -0.1) is 5.10 Å². The predicted molar refractivity (Wildman–Crippen MR) is 71.2 cm³/mol. The van der Waals surface area contributed by atoms with Crippen molar-refractivity contribution in [3.05, 3.63) is 16.3 Å². The van der Waals surface area contributed by atoms with Crippen LogP contribution in [0.25, 0.3) is 0 Å². The summed E-state index contributed by atoms with van der Waals surface area (Å²) in [6, 6.07) is 0. The van der Waals surface area contributed by atoms with Gasteiger partial charge in [-0.05, 0) is 6.42 Å². The van der Waals surface area contributed by atoms with E-state index in [4.69, 9.17) is 4.74 Å². The summed E-state index contributed by atoms with van der Waals surface area (Å²) >= 11 is 0.